The third-order valence-electron chi connectivity index (χ3n) is 4.61. The van der Waals surface area contributed by atoms with Gasteiger partial charge >= 0.3 is 16.1 Å². The molecule has 0 radical (unpaired) electrons. The van der Waals surface area contributed by atoms with Crippen molar-refractivity contribution in [3.63, 3.8) is 0 Å². The Hall–Kier alpha value is -3.14. The van der Waals surface area contributed by atoms with Crippen molar-refractivity contribution < 1.29 is 22.1 Å². The Kier molecular flexibility index (Phi) is 4.03. The zero-order chi connectivity index (χ0) is 20.2. The Labute approximate surface area is 161 Å². The molecule has 0 saturated heterocycles. The Balaban J connectivity index is 1.86. The number of aromatic nitrogens is 4. The maximum atomic E-state index is 12.8. The highest BCUT2D eigenvalue weighted by Crippen LogP contribution is 2.45. The number of carbonyl (C=O) groups excluding carboxylic acids is 1. The van der Waals surface area contributed by atoms with E-state index in [1.807, 2.05) is 6.92 Å². The number of aryl methyl sites for hydroxylation is 3. The van der Waals surface area contributed by atoms with E-state index in [2.05, 4.69) is 10.2 Å². The van der Waals surface area contributed by atoms with Gasteiger partial charge in [0.05, 0.1) is 17.3 Å². The van der Waals surface area contributed by atoms with Crippen LogP contribution in [0.5, 0.6) is 11.6 Å². The molecule has 0 fully saturated rings. The number of carbonyl (C=O) groups is 1. The third-order valence-corrected chi connectivity index (χ3v) is 5.84. The van der Waals surface area contributed by atoms with Crippen LogP contribution in [0, 0.1) is 13.8 Å². The van der Waals surface area contributed by atoms with Gasteiger partial charge in [-0.2, -0.15) is 18.6 Å². The average Bonchev–Trinajstić information content (AvgIpc) is 3.23. The molecule has 0 aliphatic carbocycles. The van der Waals surface area contributed by atoms with Crippen molar-refractivity contribution in [3.05, 3.63) is 41.2 Å². The van der Waals surface area contributed by atoms with Gasteiger partial charge in [-0.15, -0.1) is 0 Å². The Morgan fingerprint density at radius 1 is 1.32 bits per heavy atom. The number of hydrogen-bond donors (Lipinski definition) is 0. The predicted octanol–water partition coefficient (Wildman–Crippen LogP) is 2.22. The Morgan fingerprint density at radius 3 is 2.79 bits per heavy atom. The van der Waals surface area contributed by atoms with Crippen molar-refractivity contribution >= 4 is 16.1 Å². The molecule has 0 unspecified atom stereocenters. The molecule has 0 spiro atoms. The van der Waals surface area contributed by atoms with Gasteiger partial charge in [0, 0.05) is 25.9 Å². The number of esters is 1. The minimum atomic E-state index is -3.97. The minimum absolute atomic E-state index is 0.0282. The van der Waals surface area contributed by atoms with E-state index in [9.17, 15) is 13.2 Å². The number of ether oxygens (including phenoxy) is 1. The van der Waals surface area contributed by atoms with Crippen molar-refractivity contribution in [2.75, 3.05) is 0 Å². The second-order valence-electron chi connectivity index (χ2n) is 6.50. The van der Waals surface area contributed by atoms with Crippen LogP contribution in [-0.4, -0.2) is 33.9 Å². The normalized spacial score (nSPS) is 14.1. The van der Waals surface area contributed by atoms with Gasteiger partial charge in [-0.1, -0.05) is 0 Å². The molecule has 3 aromatic rings. The van der Waals surface area contributed by atoms with Gasteiger partial charge in [-0.25, -0.2) is 9.48 Å². The lowest BCUT2D eigenvalue weighted by molar-refractivity contribution is 0.0717. The first-order valence-corrected chi connectivity index (χ1v) is 10.0. The minimum Gasteiger partial charge on any atom is -0.404 e. The maximum Gasteiger partial charge on any atom is 0.345 e. The summed E-state index contributed by atoms with van der Waals surface area (Å²) in [5, 5.41) is 8.37. The summed E-state index contributed by atoms with van der Waals surface area (Å²) in [7, 11) is -2.34. The monoisotopic (exact) mass is 402 g/mol. The molecule has 0 amide bonds. The summed E-state index contributed by atoms with van der Waals surface area (Å²) in [5.74, 6) is -0.0528. The number of hydrogen-bond acceptors (Lipinski definition) is 7. The van der Waals surface area contributed by atoms with E-state index in [1.165, 1.54) is 10.9 Å². The molecule has 1 aliphatic rings. The first kappa shape index (κ1) is 18.2. The lowest BCUT2D eigenvalue weighted by atomic mass is 9.95. The lowest BCUT2D eigenvalue weighted by Crippen LogP contribution is -2.19. The molecule has 0 saturated carbocycles. The second-order valence-corrected chi connectivity index (χ2v) is 8.01. The molecule has 2 aromatic heterocycles. The van der Waals surface area contributed by atoms with Crippen molar-refractivity contribution in [1.29, 1.82) is 0 Å². The summed E-state index contributed by atoms with van der Waals surface area (Å²) in [6.07, 6.45) is 2.93. The van der Waals surface area contributed by atoms with Crippen LogP contribution in [0.3, 0.4) is 0 Å². The molecule has 1 aliphatic heterocycles. The van der Waals surface area contributed by atoms with E-state index in [1.54, 1.807) is 43.9 Å². The molecular weight excluding hydrogens is 384 g/mol. The highest BCUT2D eigenvalue weighted by atomic mass is 32.2. The third kappa shape index (κ3) is 2.68. The van der Waals surface area contributed by atoms with Crippen LogP contribution in [0.15, 0.2) is 29.4 Å². The van der Waals surface area contributed by atoms with E-state index >= 15 is 0 Å². The molecule has 0 atom stereocenters. The Morgan fingerprint density at radius 2 is 2.07 bits per heavy atom. The second kappa shape index (κ2) is 6.20. The molecule has 9 nitrogen and oxygen atoms in total. The highest BCUT2D eigenvalue weighted by Gasteiger charge is 2.36. The summed E-state index contributed by atoms with van der Waals surface area (Å²) < 4.78 is 38.6. The number of benzene rings is 1. The van der Waals surface area contributed by atoms with E-state index in [0.29, 0.717) is 34.7 Å². The molecule has 1 aromatic carbocycles. The summed E-state index contributed by atoms with van der Waals surface area (Å²) in [4.78, 5) is 12.8. The van der Waals surface area contributed by atoms with Crippen molar-refractivity contribution in [2.24, 2.45) is 7.05 Å². The first-order chi connectivity index (χ1) is 13.2. The summed E-state index contributed by atoms with van der Waals surface area (Å²) in [6, 6.07) is 3.17. The van der Waals surface area contributed by atoms with Crippen LogP contribution in [-0.2, 0) is 23.7 Å². The molecule has 146 valence electrons. The first-order valence-electron chi connectivity index (χ1n) is 8.59. The fourth-order valence-corrected chi connectivity index (χ4v) is 4.45. The summed E-state index contributed by atoms with van der Waals surface area (Å²) >= 11 is 0. The van der Waals surface area contributed by atoms with E-state index in [-0.39, 0.29) is 16.3 Å². The predicted molar refractivity (Wildman–Crippen MR) is 98.8 cm³/mol. The number of rotatable bonds is 3. The van der Waals surface area contributed by atoms with E-state index in [4.69, 9.17) is 8.92 Å². The number of nitrogens with zero attached hydrogens (tertiary/aromatic N) is 4. The zero-order valence-corrected chi connectivity index (χ0v) is 16.6. The lowest BCUT2D eigenvalue weighted by Gasteiger charge is -2.21. The van der Waals surface area contributed by atoms with Gasteiger partial charge in [0.2, 0.25) is 5.88 Å². The van der Waals surface area contributed by atoms with Gasteiger partial charge in [-0.3, -0.25) is 4.68 Å². The molecule has 0 N–H and O–H groups in total. The van der Waals surface area contributed by atoms with Crippen LogP contribution in [0.2, 0.25) is 0 Å². The van der Waals surface area contributed by atoms with Crippen LogP contribution >= 0.6 is 0 Å². The molecule has 28 heavy (non-hydrogen) atoms. The van der Waals surface area contributed by atoms with Crippen LogP contribution < -0.4 is 8.92 Å². The van der Waals surface area contributed by atoms with Crippen LogP contribution in [0.25, 0.3) is 11.3 Å². The fraction of sp³-hybridized carbons (Fsp3) is 0.278. The molecule has 0 bridgehead atoms. The Bertz CT molecular complexity index is 1220. The van der Waals surface area contributed by atoms with Gasteiger partial charge in [0.25, 0.3) is 0 Å². The van der Waals surface area contributed by atoms with Gasteiger partial charge in [-0.05, 0) is 38.0 Å². The molecule has 3 heterocycles. The SMILES string of the molecule is CCn1nccc1OC(=O)c1cc(C)c2c(c1C)-c1nn(C)cc1S(=O)(=O)O2. The zero-order valence-electron chi connectivity index (χ0n) is 15.8. The van der Waals surface area contributed by atoms with Crippen molar-refractivity contribution in [1.82, 2.24) is 19.6 Å². The van der Waals surface area contributed by atoms with E-state index < -0.39 is 16.1 Å². The highest BCUT2D eigenvalue weighted by molar-refractivity contribution is 7.87. The maximum absolute atomic E-state index is 12.8. The topological polar surface area (TPSA) is 105 Å². The standard InChI is InChI=1S/C18H18N4O5S/c1-5-22-14(6-7-19-22)26-18(23)12-8-10(2)17-15(11(12)3)16-13(9-21(4)20-16)28(24,25)27-17/h6-9H,5H2,1-4H3. The van der Waals surface area contributed by atoms with Crippen molar-refractivity contribution in [3.8, 4) is 22.9 Å². The van der Waals surface area contributed by atoms with Crippen LogP contribution in [0.4, 0.5) is 0 Å². The quantitative estimate of drug-likeness (QED) is 0.488. The molecular formula is C18H18N4O5S. The average molecular weight is 402 g/mol. The summed E-state index contributed by atoms with van der Waals surface area (Å²) in [5.41, 5.74) is 2.07. The smallest absolute Gasteiger partial charge is 0.345 e. The van der Waals surface area contributed by atoms with Gasteiger partial charge in [0.15, 0.2) is 10.6 Å². The number of fused-ring (bicyclic) bond motifs is 3. The van der Waals surface area contributed by atoms with Crippen LogP contribution in [0.1, 0.15) is 28.4 Å². The van der Waals surface area contributed by atoms with Gasteiger partial charge in [0.1, 0.15) is 5.69 Å². The largest absolute Gasteiger partial charge is 0.404 e. The molecule has 4 rings (SSSR count). The van der Waals surface area contributed by atoms with E-state index in [0.717, 1.165) is 0 Å². The molecule has 10 heteroatoms. The summed E-state index contributed by atoms with van der Waals surface area (Å²) in [6.45, 7) is 5.83. The fourth-order valence-electron chi connectivity index (χ4n) is 3.27. The van der Waals surface area contributed by atoms with Crippen molar-refractivity contribution in [2.45, 2.75) is 32.2 Å². The van der Waals surface area contributed by atoms with Gasteiger partial charge < -0.3 is 8.92 Å².